The normalized spacial score (nSPS) is 11.5. The van der Waals surface area contributed by atoms with E-state index in [0.29, 0.717) is 18.8 Å². The maximum atomic E-state index is 12.2. The van der Waals surface area contributed by atoms with E-state index in [1.54, 1.807) is 25.1 Å². The second-order valence-electron chi connectivity index (χ2n) is 4.64. The van der Waals surface area contributed by atoms with Crippen LogP contribution in [0.1, 0.15) is 19.5 Å². The molecule has 0 unspecified atom stereocenters. The number of para-hydroxylation sites is 1. The summed E-state index contributed by atoms with van der Waals surface area (Å²) in [5.74, 6) is 0. The number of rotatable bonds is 7. The number of nitrogens with zero attached hydrogens (tertiary/aromatic N) is 1. The predicted octanol–water partition coefficient (Wildman–Crippen LogP) is 2.42. The largest absolute Gasteiger partial charge is 0.378 e. The van der Waals surface area contributed by atoms with E-state index in [-0.39, 0.29) is 4.90 Å². The first-order valence-electron chi connectivity index (χ1n) is 7.05. The lowest BCUT2D eigenvalue weighted by molar-refractivity contribution is 0.584. The lowest BCUT2D eigenvalue weighted by Gasteiger charge is -2.13. The number of anilines is 1. The highest BCUT2D eigenvalue weighted by molar-refractivity contribution is 7.89. The highest BCUT2D eigenvalue weighted by atomic mass is 32.2. The van der Waals surface area contributed by atoms with E-state index in [1.165, 1.54) is 0 Å². The summed E-state index contributed by atoms with van der Waals surface area (Å²) in [5.41, 5.74) is 1.73. The number of benzene rings is 1. The average Bonchev–Trinajstić information content (AvgIpc) is 2.93. The van der Waals surface area contributed by atoms with Crippen molar-refractivity contribution in [1.29, 1.82) is 0 Å². The fourth-order valence-electron chi connectivity index (χ4n) is 2.22. The van der Waals surface area contributed by atoms with Crippen molar-refractivity contribution in [3.05, 3.63) is 48.3 Å². The van der Waals surface area contributed by atoms with Crippen LogP contribution in [0.25, 0.3) is 0 Å². The van der Waals surface area contributed by atoms with Crippen molar-refractivity contribution >= 4 is 15.7 Å². The quantitative estimate of drug-likeness (QED) is 0.826. The molecule has 0 bridgehead atoms. The summed E-state index contributed by atoms with van der Waals surface area (Å²) in [7, 11) is -3.47. The van der Waals surface area contributed by atoms with Crippen LogP contribution in [-0.4, -0.2) is 19.5 Å². The molecule has 114 valence electrons. The Kier molecular flexibility index (Phi) is 5.03. The fourth-order valence-corrected chi connectivity index (χ4v) is 3.44. The standard InChI is InChI=1S/C15H21N3O2S/c1-3-17-21(19,20)15-10-6-5-9-14(15)16-12-13-8-7-11-18(13)4-2/h5-11,16-17H,3-4,12H2,1-2H3. The van der Waals surface area contributed by atoms with Gasteiger partial charge in [-0.1, -0.05) is 19.1 Å². The number of sulfonamides is 1. The maximum Gasteiger partial charge on any atom is 0.242 e. The smallest absolute Gasteiger partial charge is 0.242 e. The highest BCUT2D eigenvalue weighted by Crippen LogP contribution is 2.21. The first-order chi connectivity index (χ1) is 10.1. The second-order valence-corrected chi connectivity index (χ2v) is 6.37. The number of nitrogens with one attached hydrogen (secondary N) is 2. The van der Waals surface area contributed by atoms with Crippen LogP contribution in [0.5, 0.6) is 0 Å². The fraction of sp³-hybridized carbons (Fsp3) is 0.333. The van der Waals surface area contributed by atoms with Crippen LogP contribution in [0, 0.1) is 0 Å². The van der Waals surface area contributed by atoms with Gasteiger partial charge in [0.2, 0.25) is 10.0 Å². The predicted molar refractivity (Wildman–Crippen MR) is 84.7 cm³/mol. The van der Waals surface area contributed by atoms with Gasteiger partial charge in [-0.3, -0.25) is 0 Å². The van der Waals surface area contributed by atoms with Crippen LogP contribution in [-0.2, 0) is 23.1 Å². The molecule has 2 N–H and O–H groups in total. The minimum Gasteiger partial charge on any atom is -0.378 e. The monoisotopic (exact) mass is 307 g/mol. The Balaban J connectivity index is 2.21. The number of hydrogen-bond donors (Lipinski definition) is 2. The summed E-state index contributed by atoms with van der Waals surface area (Å²) >= 11 is 0. The Morgan fingerprint density at radius 3 is 2.57 bits per heavy atom. The molecule has 6 heteroatoms. The third kappa shape index (κ3) is 3.65. The number of aromatic nitrogens is 1. The van der Waals surface area contributed by atoms with Gasteiger partial charge in [-0.25, -0.2) is 13.1 Å². The van der Waals surface area contributed by atoms with Crippen molar-refractivity contribution in [2.75, 3.05) is 11.9 Å². The summed E-state index contributed by atoms with van der Waals surface area (Å²) in [5, 5.41) is 3.21. The van der Waals surface area contributed by atoms with E-state index in [0.717, 1.165) is 12.2 Å². The Labute approximate surface area is 126 Å². The molecule has 0 amide bonds. The summed E-state index contributed by atoms with van der Waals surface area (Å²) < 4.78 is 29.0. The minimum absolute atomic E-state index is 0.279. The van der Waals surface area contributed by atoms with Crippen LogP contribution in [0.2, 0.25) is 0 Å². The van der Waals surface area contributed by atoms with Crippen molar-refractivity contribution < 1.29 is 8.42 Å². The van der Waals surface area contributed by atoms with Gasteiger partial charge in [-0.15, -0.1) is 0 Å². The molecule has 0 atom stereocenters. The average molecular weight is 307 g/mol. The van der Waals surface area contributed by atoms with E-state index in [1.807, 2.05) is 24.4 Å². The molecule has 0 saturated carbocycles. The SMILES string of the molecule is CCNS(=O)(=O)c1ccccc1NCc1cccn1CC. The van der Waals surface area contributed by atoms with Gasteiger partial charge in [0, 0.05) is 25.0 Å². The summed E-state index contributed by atoms with van der Waals surface area (Å²) in [4.78, 5) is 0.279. The second kappa shape index (κ2) is 6.78. The first-order valence-corrected chi connectivity index (χ1v) is 8.53. The molecule has 1 heterocycles. The first kappa shape index (κ1) is 15.6. The van der Waals surface area contributed by atoms with E-state index in [9.17, 15) is 8.42 Å². The van der Waals surface area contributed by atoms with Crippen LogP contribution in [0.3, 0.4) is 0 Å². The molecule has 1 aromatic heterocycles. The summed E-state index contributed by atoms with van der Waals surface area (Å²) in [6.45, 7) is 5.69. The molecule has 0 aliphatic rings. The van der Waals surface area contributed by atoms with Crippen molar-refractivity contribution in [2.24, 2.45) is 0 Å². The molecular weight excluding hydrogens is 286 g/mol. The van der Waals surface area contributed by atoms with Crippen molar-refractivity contribution in [3.8, 4) is 0 Å². The van der Waals surface area contributed by atoms with Crippen LogP contribution < -0.4 is 10.0 Å². The van der Waals surface area contributed by atoms with Crippen molar-refractivity contribution in [3.63, 3.8) is 0 Å². The molecular formula is C15H21N3O2S. The van der Waals surface area contributed by atoms with E-state index < -0.39 is 10.0 Å². The van der Waals surface area contributed by atoms with Gasteiger partial charge in [0.25, 0.3) is 0 Å². The molecule has 2 aromatic rings. The molecule has 21 heavy (non-hydrogen) atoms. The summed E-state index contributed by atoms with van der Waals surface area (Å²) in [6.07, 6.45) is 2.01. The Bertz CT molecular complexity index is 692. The number of hydrogen-bond acceptors (Lipinski definition) is 3. The molecule has 0 fully saturated rings. The zero-order valence-corrected chi connectivity index (χ0v) is 13.2. The molecule has 2 rings (SSSR count). The summed E-state index contributed by atoms with van der Waals surface area (Å²) in [6, 6.07) is 11.0. The van der Waals surface area contributed by atoms with Gasteiger partial charge in [-0.2, -0.15) is 0 Å². The lowest BCUT2D eigenvalue weighted by atomic mass is 10.3. The molecule has 0 spiro atoms. The molecule has 0 saturated heterocycles. The van der Waals surface area contributed by atoms with Gasteiger partial charge in [0.1, 0.15) is 4.90 Å². The zero-order chi connectivity index (χ0) is 15.3. The Morgan fingerprint density at radius 1 is 1.10 bits per heavy atom. The molecule has 0 aliphatic heterocycles. The topological polar surface area (TPSA) is 63.1 Å². The van der Waals surface area contributed by atoms with Crippen LogP contribution in [0.15, 0.2) is 47.5 Å². The van der Waals surface area contributed by atoms with Gasteiger partial charge >= 0.3 is 0 Å². The van der Waals surface area contributed by atoms with Gasteiger partial charge in [-0.05, 0) is 31.2 Å². The molecule has 0 radical (unpaired) electrons. The van der Waals surface area contributed by atoms with E-state index >= 15 is 0 Å². The van der Waals surface area contributed by atoms with Gasteiger partial charge < -0.3 is 9.88 Å². The molecule has 0 aliphatic carbocycles. The third-order valence-electron chi connectivity index (χ3n) is 3.24. The van der Waals surface area contributed by atoms with Crippen LogP contribution >= 0.6 is 0 Å². The highest BCUT2D eigenvalue weighted by Gasteiger charge is 2.16. The number of aryl methyl sites for hydroxylation is 1. The van der Waals surface area contributed by atoms with Crippen LogP contribution in [0.4, 0.5) is 5.69 Å². The van der Waals surface area contributed by atoms with E-state index in [2.05, 4.69) is 21.5 Å². The lowest BCUT2D eigenvalue weighted by Crippen LogP contribution is -2.24. The van der Waals surface area contributed by atoms with Gasteiger partial charge in [0.05, 0.1) is 12.2 Å². The van der Waals surface area contributed by atoms with E-state index in [4.69, 9.17) is 0 Å². The van der Waals surface area contributed by atoms with Crippen molar-refractivity contribution in [1.82, 2.24) is 9.29 Å². The third-order valence-corrected chi connectivity index (χ3v) is 4.84. The molecule has 5 nitrogen and oxygen atoms in total. The Hall–Kier alpha value is -1.79. The van der Waals surface area contributed by atoms with Crippen molar-refractivity contribution in [2.45, 2.75) is 31.8 Å². The minimum atomic E-state index is -3.47. The maximum absolute atomic E-state index is 12.2. The Morgan fingerprint density at radius 2 is 1.86 bits per heavy atom. The van der Waals surface area contributed by atoms with Gasteiger partial charge in [0.15, 0.2) is 0 Å². The zero-order valence-electron chi connectivity index (χ0n) is 12.3. The molecule has 1 aromatic carbocycles.